The Labute approximate surface area is 157 Å². The van der Waals surface area contributed by atoms with E-state index in [4.69, 9.17) is 4.74 Å². The van der Waals surface area contributed by atoms with Crippen LogP contribution in [-0.2, 0) is 24.7 Å². The summed E-state index contributed by atoms with van der Waals surface area (Å²) in [4.78, 5) is 15.0. The standard InChI is InChI=1S/C19H24N4O2S/c1-12-9-14-10-13(6-7-16(14)25-12)11-17(24)23-8-4-5-15(23)18-20-21-19(26-3)22(18)2/h6-7,10,12,15H,4-5,8-9,11H2,1-3H3/t12-,15-/m1/s1. The summed E-state index contributed by atoms with van der Waals surface area (Å²) in [6.45, 7) is 2.86. The minimum Gasteiger partial charge on any atom is -0.490 e. The molecule has 1 amide bonds. The van der Waals surface area contributed by atoms with Crippen LogP contribution in [-0.4, -0.2) is 44.5 Å². The van der Waals surface area contributed by atoms with Crippen molar-refractivity contribution in [1.82, 2.24) is 19.7 Å². The first-order valence-corrected chi connectivity index (χ1v) is 10.3. The van der Waals surface area contributed by atoms with Gasteiger partial charge in [0.05, 0.1) is 12.5 Å². The Bertz CT molecular complexity index is 835. The quantitative estimate of drug-likeness (QED) is 0.773. The van der Waals surface area contributed by atoms with Crippen molar-refractivity contribution in [2.24, 2.45) is 7.05 Å². The maximum Gasteiger partial charge on any atom is 0.227 e. The van der Waals surface area contributed by atoms with Gasteiger partial charge in [0, 0.05) is 20.0 Å². The second kappa shape index (κ2) is 6.95. The van der Waals surface area contributed by atoms with E-state index in [-0.39, 0.29) is 18.1 Å². The summed E-state index contributed by atoms with van der Waals surface area (Å²) in [7, 11) is 1.98. The molecule has 3 heterocycles. The molecule has 0 aliphatic carbocycles. The molecule has 0 bridgehead atoms. The normalized spacial score (nSPS) is 21.7. The zero-order chi connectivity index (χ0) is 18.3. The Morgan fingerprint density at radius 2 is 2.23 bits per heavy atom. The second-order valence-corrected chi connectivity index (χ2v) is 7.87. The molecule has 0 radical (unpaired) electrons. The van der Waals surface area contributed by atoms with Crippen molar-refractivity contribution in [1.29, 1.82) is 0 Å². The molecule has 2 atom stereocenters. The zero-order valence-corrected chi connectivity index (χ0v) is 16.3. The lowest BCUT2D eigenvalue weighted by Crippen LogP contribution is -2.33. The van der Waals surface area contributed by atoms with E-state index >= 15 is 0 Å². The predicted molar refractivity (Wildman–Crippen MR) is 100 cm³/mol. The van der Waals surface area contributed by atoms with E-state index in [1.165, 1.54) is 5.56 Å². The summed E-state index contributed by atoms with van der Waals surface area (Å²) < 4.78 is 7.76. The highest BCUT2D eigenvalue weighted by Gasteiger charge is 2.33. The highest BCUT2D eigenvalue weighted by atomic mass is 32.2. The highest BCUT2D eigenvalue weighted by molar-refractivity contribution is 7.98. The molecule has 6 nitrogen and oxygen atoms in total. The number of amides is 1. The van der Waals surface area contributed by atoms with E-state index in [9.17, 15) is 4.79 Å². The van der Waals surface area contributed by atoms with Gasteiger partial charge in [-0.3, -0.25) is 4.79 Å². The number of likely N-dealkylation sites (tertiary alicyclic amines) is 1. The van der Waals surface area contributed by atoms with Gasteiger partial charge < -0.3 is 14.2 Å². The fraction of sp³-hybridized carbons (Fsp3) is 0.526. The van der Waals surface area contributed by atoms with Crippen LogP contribution in [0.25, 0.3) is 0 Å². The molecule has 0 N–H and O–H groups in total. The van der Waals surface area contributed by atoms with Gasteiger partial charge in [-0.2, -0.15) is 0 Å². The van der Waals surface area contributed by atoms with E-state index in [1.807, 2.05) is 34.9 Å². The van der Waals surface area contributed by atoms with Crippen LogP contribution in [0.5, 0.6) is 5.75 Å². The van der Waals surface area contributed by atoms with Crippen molar-refractivity contribution in [3.8, 4) is 5.75 Å². The third-order valence-corrected chi connectivity index (χ3v) is 5.96. The van der Waals surface area contributed by atoms with Gasteiger partial charge in [-0.15, -0.1) is 10.2 Å². The van der Waals surface area contributed by atoms with Gasteiger partial charge in [0.25, 0.3) is 0 Å². The summed E-state index contributed by atoms with van der Waals surface area (Å²) in [6, 6.07) is 6.15. The topological polar surface area (TPSA) is 60.3 Å². The number of fused-ring (bicyclic) bond motifs is 1. The Morgan fingerprint density at radius 1 is 1.38 bits per heavy atom. The van der Waals surface area contributed by atoms with Crippen molar-refractivity contribution >= 4 is 17.7 Å². The van der Waals surface area contributed by atoms with Gasteiger partial charge in [0.2, 0.25) is 5.91 Å². The summed E-state index contributed by atoms with van der Waals surface area (Å²) in [5.74, 6) is 2.00. The van der Waals surface area contributed by atoms with Crippen molar-refractivity contribution in [3.05, 3.63) is 35.2 Å². The van der Waals surface area contributed by atoms with Crippen molar-refractivity contribution < 1.29 is 9.53 Å². The fourth-order valence-corrected chi connectivity index (χ4v) is 4.48. The number of carbonyl (C=O) groups is 1. The van der Waals surface area contributed by atoms with Gasteiger partial charge in [0.1, 0.15) is 11.9 Å². The lowest BCUT2D eigenvalue weighted by Gasteiger charge is -2.24. The lowest BCUT2D eigenvalue weighted by atomic mass is 10.0. The molecule has 26 heavy (non-hydrogen) atoms. The number of hydrogen-bond donors (Lipinski definition) is 0. The molecule has 1 aromatic heterocycles. The average Bonchev–Trinajstić information content (AvgIpc) is 3.31. The Balaban J connectivity index is 1.50. The number of nitrogens with zero attached hydrogens (tertiary/aromatic N) is 4. The molecule has 1 aromatic carbocycles. The summed E-state index contributed by atoms with van der Waals surface area (Å²) >= 11 is 1.57. The number of thioether (sulfide) groups is 1. The minimum atomic E-state index is 0.0266. The Hall–Kier alpha value is -2.02. The lowest BCUT2D eigenvalue weighted by molar-refractivity contribution is -0.131. The Morgan fingerprint density at radius 3 is 3.00 bits per heavy atom. The molecule has 2 aliphatic heterocycles. The fourth-order valence-electron chi connectivity index (χ4n) is 3.99. The highest BCUT2D eigenvalue weighted by Crippen LogP contribution is 2.33. The smallest absolute Gasteiger partial charge is 0.227 e. The summed E-state index contributed by atoms with van der Waals surface area (Å²) in [5.41, 5.74) is 2.26. The van der Waals surface area contributed by atoms with E-state index in [1.54, 1.807) is 11.8 Å². The SMILES string of the molecule is CSc1nnc([C@H]2CCCN2C(=O)Cc2ccc3c(c2)C[C@@H](C)O3)n1C. The van der Waals surface area contributed by atoms with Gasteiger partial charge >= 0.3 is 0 Å². The first-order chi connectivity index (χ1) is 12.6. The monoisotopic (exact) mass is 372 g/mol. The number of benzene rings is 1. The zero-order valence-electron chi connectivity index (χ0n) is 15.4. The predicted octanol–water partition coefficient (Wildman–Crippen LogP) is 2.77. The van der Waals surface area contributed by atoms with Crippen LogP contribution >= 0.6 is 11.8 Å². The van der Waals surface area contributed by atoms with Gasteiger partial charge in [-0.1, -0.05) is 23.9 Å². The van der Waals surface area contributed by atoms with Crippen LogP contribution in [0.15, 0.2) is 23.4 Å². The molecule has 0 unspecified atom stereocenters. The van der Waals surface area contributed by atoms with E-state index < -0.39 is 0 Å². The largest absolute Gasteiger partial charge is 0.490 e. The third-order valence-electron chi connectivity index (χ3n) is 5.24. The summed E-state index contributed by atoms with van der Waals surface area (Å²) in [5, 5.41) is 9.45. The van der Waals surface area contributed by atoms with Gasteiger partial charge in [-0.05, 0) is 43.2 Å². The van der Waals surface area contributed by atoms with Crippen LogP contribution in [0, 0.1) is 0 Å². The number of hydrogen-bond acceptors (Lipinski definition) is 5. The van der Waals surface area contributed by atoms with Crippen LogP contribution in [0.4, 0.5) is 0 Å². The molecule has 7 heteroatoms. The minimum absolute atomic E-state index is 0.0266. The number of ether oxygens (including phenoxy) is 1. The number of aromatic nitrogens is 3. The second-order valence-electron chi connectivity index (χ2n) is 7.10. The van der Waals surface area contributed by atoms with Gasteiger partial charge in [0.15, 0.2) is 11.0 Å². The van der Waals surface area contributed by atoms with Crippen molar-refractivity contribution in [2.75, 3.05) is 12.8 Å². The van der Waals surface area contributed by atoms with E-state index in [2.05, 4.69) is 23.2 Å². The van der Waals surface area contributed by atoms with Gasteiger partial charge in [-0.25, -0.2) is 0 Å². The molecular formula is C19H24N4O2S. The average molecular weight is 372 g/mol. The molecule has 2 aliphatic rings. The molecular weight excluding hydrogens is 348 g/mol. The Kier molecular flexibility index (Phi) is 4.65. The molecule has 138 valence electrons. The van der Waals surface area contributed by atoms with E-state index in [0.717, 1.165) is 48.1 Å². The third kappa shape index (κ3) is 3.09. The molecule has 4 rings (SSSR count). The van der Waals surface area contributed by atoms with E-state index in [0.29, 0.717) is 6.42 Å². The van der Waals surface area contributed by atoms with Crippen LogP contribution in [0.1, 0.15) is 42.8 Å². The number of carbonyl (C=O) groups excluding carboxylic acids is 1. The van der Waals surface area contributed by atoms with Crippen molar-refractivity contribution in [2.45, 2.75) is 49.9 Å². The summed E-state index contributed by atoms with van der Waals surface area (Å²) in [6.07, 6.45) is 5.50. The number of rotatable bonds is 4. The maximum atomic E-state index is 13.0. The van der Waals surface area contributed by atoms with Crippen LogP contribution in [0.3, 0.4) is 0 Å². The molecule has 1 saturated heterocycles. The first-order valence-electron chi connectivity index (χ1n) is 9.08. The van der Waals surface area contributed by atoms with Crippen LogP contribution < -0.4 is 4.74 Å². The van der Waals surface area contributed by atoms with Crippen molar-refractivity contribution in [3.63, 3.8) is 0 Å². The van der Waals surface area contributed by atoms with Crippen LogP contribution in [0.2, 0.25) is 0 Å². The molecule has 1 fully saturated rings. The first kappa shape index (κ1) is 17.4. The molecule has 0 saturated carbocycles. The maximum absolute atomic E-state index is 13.0. The molecule has 2 aromatic rings. The molecule has 0 spiro atoms.